The monoisotopic (exact) mass is 277 g/mol. The first kappa shape index (κ1) is 13.3. The van der Waals surface area contributed by atoms with Gasteiger partial charge in [0.2, 0.25) is 0 Å². The third-order valence-electron chi connectivity index (χ3n) is 2.88. The van der Waals surface area contributed by atoms with Gasteiger partial charge in [-0.25, -0.2) is 0 Å². The number of nitrogens with one attached hydrogen (secondary N) is 1. The molecule has 0 aliphatic rings. The van der Waals surface area contributed by atoms with Crippen molar-refractivity contribution in [1.82, 2.24) is 5.32 Å². The van der Waals surface area contributed by atoms with Gasteiger partial charge in [0.1, 0.15) is 0 Å². The van der Waals surface area contributed by atoms with Gasteiger partial charge in [0, 0.05) is 22.2 Å². The molecule has 1 aromatic heterocycles. The molecule has 2 nitrogen and oxygen atoms in total. The van der Waals surface area contributed by atoms with Crippen LogP contribution in [0.1, 0.15) is 17.3 Å². The Morgan fingerprint density at radius 3 is 2.67 bits per heavy atom. The maximum atomic E-state index is 12.0. The van der Waals surface area contributed by atoms with E-state index in [2.05, 4.69) is 37.1 Å². The second kappa shape index (κ2) is 4.86. The van der Waals surface area contributed by atoms with Gasteiger partial charge in [0.05, 0.1) is 8.07 Å². The van der Waals surface area contributed by atoms with Crippen molar-refractivity contribution in [2.75, 3.05) is 6.54 Å². The molecule has 96 valence electrons. The lowest BCUT2D eigenvalue weighted by Crippen LogP contribution is -2.34. The number of hydrogen-bond donors (Lipinski definition) is 1. The zero-order valence-corrected chi connectivity index (χ0v) is 13.1. The minimum Gasteiger partial charge on any atom is -0.352 e. The van der Waals surface area contributed by atoms with Crippen LogP contribution in [0, 0.1) is 0 Å². The van der Waals surface area contributed by atoms with Crippen LogP contribution in [0.4, 0.5) is 0 Å². The molecule has 0 atom stereocenters. The van der Waals surface area contributed by atoms with Gasteiger partial charge in [-0.1, -0.05) is 25.7 Å². The van der Waals surface area contributed by atoms with Crippen LogP contribution in [0.3, 0.4) is 0 Å². The van der Waals surface area contributed by atoms with Gasteiger partial charge in [-0.2, -0.15) is 0 Å². The minimum absolute atomic E-state index is 0.0306. The summed E-state index contributed by atoms with van der Waals surface area (Å²) < 4.78 is 2.67. The van der Waals surface area contributed by atoms with Crippen molar-refractivity contribution in [1.29, 1.82) is 0 Å². The van der Waals surface area contributed by atoms with Gasteiger partial charge in [0.15, 0.2) is 0 Å². The van der Waals surface area contributed by atoms with Gasteiger partial charge in [-0.3, -0.25) is 4.79 Å². The van der Waals surface area contributed by atoms with Gasteiger partial charge in [0.25, 0.3) is 5.91 Å². The highest BCUT2D eigenvalue weighted by Gasteiger charge is 2.21. The summed E-state index contributed by atoms with van der Waals surface area (Å²) in [5.41, 5.74) is 0.801. The molecule has 0 unspecified atom stereocenters. The van der Waals surface area contributed by atoms with Crippen LogP contribution >= 0.6 is 11.3 Å². The first-order valence-electron chi connectivity index (χ1n) is 6.24. The first-order chi connectivity index (χ1) is 8.43. The highest BCUT2D eigenvalue weighted by Crippen LogP contribution is 2.25. The number of carbonyl (C=O) groups is 1. The van der Waals surface area contributed by atoms with E-state index in [1.807, 2.05) is 30.4 Å². The molecule has 1 heterocycles. The van der Waals surface area contributed by atoms with E-state index >= 15 is 0 Å². The smallest absolute Gasteiger partial charge is 0.251 e. The Bertz CT molecular complexity index is 583. The average molecular weight is 277 g/mol. The summed E-state index contributed by atoms with van der Waals surface area (Å²) in [5, 5.41) is 3.98. The average Bonchev–Trinajstić information content (AvgIpc) is 2.72. The Morgan fingerprint density at radius 2 is 2.06 bits per heavy atom. The SMILES string of the molecule is CCNC(=O)c1cccc2sc([Si](C)(C)C)cc12. The molecule has 1 amide bonds. The molecule has 1 N–H and O–H groups in total. The molecule has 0 fully saturated rings. The van der Waals surface area contributed by atoms with Gasteiger partial charge in [-0.15, -0.1) is 11.3 Å². The van der Waals surface area contributed by atoms with Crippen molar-refractivity contribution in [2.45, 2.75) is 26.6 Å². The molecule has 0 radical (unpaired) electrons. The molecule has 18 heavy (non-hydrogen) atoms. The van der Waals surface area contributed by atoms with Crippen LogP contribution < -0.4 is 9.82 Å². The number of carbonyl (C=O) groups excluding carboxylic acids is 1. The lowest BCUT2D eigenvalue weighted by molar-refractivity contribution is 0.0957. The van der Waals surface area contributed by atoms with Crippen LogP contribution in [0.25, 0.3) is 10.1 Å². The molecule has 0 spiro atoms. The maximum absolute atomic E-state index is 12.0. The van der Waals surface area contributed by atoms with Crippen molar-refractivity contribution in [2.24, 2.45) is 0 Å². The molecular weight excluding hydrogens is 258 g/mol. The molecule has 4 heteroatoms. The number of amides is 1. The normalized spacial score (nSPS) is 11.8. The first-order valence-corrected chi connectivity index (χ1v) is 10.6. The van der Waals surface area contributed by atoms with E-state index in [9.17, 15) is 4.79 Å². The summed E-state index contributed by atoms with van der Waals surface area (Å²) in [7, 11) is -1.31. The molecule has 2 rings (SSSR count). The summed E-state index contributed by atoms with van der Waals surface area (Å²) in [6, 6.07) is 8.20. The van der Waals surface area contributed by atoms with Gasteiger partial charge < -0.3 is 5.32 Å². The zero-order valence-electron chi connectivity index (χ0n) is 11.3. The molecule has 2 aromatic rings. The van der Waals surface area contributed by atoms with Crippen LogP contribution in [0.15, 0.2) is 24.3 Å². The lowest BCUT2D eigenvalue weighted by atomic mass is 10.1. The van der Waals surface area contributed by atoms with Crippen LogP contribution in [0.5, 0.6) is 0 Å². The molecule has 0 aliphatic carbocycles. The third kappa shape index (κ3) is 2.49. The van der Waals surface area contributed by atoms with Gasteiger partial charge >= 0.3 is 0 Å². The summed E-state index contributed by atoms with van der Waals surface area (Å²) >= 11 is 1.84. The van der Waals surface area contributed by atoms with Crippen LogP contribution in [-0.4, -0.2) is 20.5 Å². The van der Waals surface area contributed by atoms with Crippen molar-refractivity contribution < 1.29 is 4.79 Å². The predicted octanol–water partition coefficient (Wildman–Crippen LogP) is 3.20. The van der Waals surface area contributed by atoms with E-state index in [-0.39, 0.29) is 5.91 Å². The Balaban J connectivity index is 2.56. The van der Waals surface area contributed by atoms with Crippen molar-refractivity contribution in [3.05, 3.63) is 29.8 Å². The number of benzene rings is 1. The van der Waals surface area contributed by atoms with E-state index in [1.165, 1.54) is 9.20 Å². The lowest BCUT2D eigenvalue weighted by Gasteiger charge is -2.11. The summed E-state index contributed by atoms with van der Waals surface area (Å²) in [6.45, 7) is 9.62. The van der Waals surface area contributed by atoms with E-state index in [1.54, 1.807) is 0 Å². The van der Waals surface area contributed by atoms with Gasteiger partial charge in [-0.05, 0) is 29.6 Å². The number of thiophene rings is 1. The summed E-state index contributed by atoms with van der Waals surface area (Å²) in [5.74, 6) is 0.0306. The highest BCUT2D eigenvalue weighted by molar-refractivity contribution is 7.31. The minimum atomic E-state index is -1.31. The van der Waals surface area contributed by atoms with Crippen LogP contribution in [-0.2, 0) is 0 Å². The Hall–Kier alpha value is -1.13. The zero-order chi connectivity index (χ0) is 13.3. The maximum Gasteiger partial charge on any atom is 0.251 e. The second-order valence-corrected chi connectivity index (χ2v) is 11.9. The Kier molecular flexibility index (Phi) is 3.59. The fourth-order valence-electron chi connectivity index (χ4n) is 1.88. The van der Waals surface area contributed by atoms with E-state index in [0.717, 1.165) is 10.9 Å². The fourth-order valence-corrected chi connectivity index (χ4v) is 4.86. The van der Waals surface area contributed by atoms with Crippen molar-refractivity contribution >= 4 is 39.9 Å². The van der Waals surface area contributed by atoms with Crippen molar-refractivity contribution in [3.63, 3.8) is 0 Å². The highest BCUT2D eigenvalue weighted by atomic mass is 32.1. The molecule has 1 aromatic carbocycles. The topological polar surface area (TPSA) is 29.1 Å². The molecular formula is C14H19NOSSi. The quantitative estimate of drug-likeness (QED) is 0.858. The standard InChI is InChI=1S/C14H19NOSSi/c1-5-15-14(16)10-7-6-8-12-11(10)9-13(17-12)18(2,3)4/h6-9H,5H2,1-4H3,(H,15,16). The van der Waals surface area contributed by atoms with E-state index in [4.69, 9.17) is 0 Å². The fraction of sp³-hybridized carbons (Fsp3) is 0.357. The van der Waals surface area contributed by atoms with Crippen LogP contribution in [0.2, 0.25) is 19.6 Å². The third-order valence-corrected chi connectivity index (χ3v) is 7.56. The van der Waals surface area contributed by atoms with E-state index in [0.29, 0.717) is 6.54 Å². The number of hydrogen-bond acceptors (Lipinski definition) is 2. The summed E-state index contributed by atoms with van der Waals surface area (Å²) in [6.07, 6.45) is 0. The molecule has 0 bridgehead atoms. The predicted molar refractivity (Wildman–Crippen MR) is 82.8 cm³/mol. The largest absolute Gasteiger partial charge is 0.352 e. The van der Waals surface area contributed by atoms with E-state index < -0.39 is 8.07 Å². The Labute approximate surface area is 113 Å². The number of rotatable bonds is 3. The molecule has 0 saturated heterocycles. The Morgan fingerprint density at radius 1 is 1.33 bits per heavy atom. The summed E-state index contributed by atoms with van der Waals surface area (Å²) in [4.78, 5) is 12.0. The number of fused-ring (bicyclic) bond motifs is 1. The molecule has 0 saturated carbocycles. The second-order valence-electron chi connectivity index (χ2n) is 5.44. The van der Waals surface area contributed by atoms with Crippen molar-refractivity contribution in [3.8, 4) is 0 Å². The molecule has 0 aliphatic heterocycles.